The molecule has 1 aromatic heterocycles. The van der Waals surface area contributed by atoms with Crippen molar-refractivity contribution in [3.8, 4) is 11.4 Å². The van der Waals surface area contributed by atoms with Crippen molar-refractivity contribution in [1.82, 2.24) is 9.55 Å². The van der Waals surface area contributed by atoms with Crippen molar-refractivity contribution >= 4 is 29.7 Å². The fourth-order valence-electron chi connectivity index (χ4n) is 4.01. The van der Waals surface area contributed by atoms with E-state index in [1.54, 1.807) is 16.8 Å². The molecule has 0 aliphatic carbocycles. The molecule has 11 heteroatoms. The van der Waals surface area contributed by atoms with Gasteiger partial charge in [-0.2, -0.15) is 0 Å². The summed E-state index contributed by atoms with van der Waals surface area (Å²) in [6, 6.07) is 13.7. The van der Waals surface area contributed by atoms with Gasteiger partial charge in [0.05, 0.1) is 30.3 Å². The van der Waals surface area contributed by atoms with Crippen molar-refractivity contribution in [3.05, 3.63) is 101 Å². The van der Waals surface area contributed by atoms with Crippen LogP contribution in [0.4, 0.5) is 13.2 Å². The minimum atomic E-state index is -1.42. The monoisotopic (exact) mass is 559 g/mol. The topological polar surface area (TPSA) is 90.4 Å². The van der Waals surface area contributed by atoms with Crippen LogP contribution < -0.4 is 9.88 Å². The zero-order valence-corrected chi connectivity index (χ0v) is 22.3. The third kappa shape index (κ3) is 5.40. The Balaban J connectivity index is 1.80. The van der Waals surface area contributed by atoms with E-state index in [1.165, 1.54) is 19.2 Å². The van der Waals surface area contributed by atoms with Crippen molar-refractivity contribution in [2.24, 2.45) is 5.14 Å². The molecule has 4 aromatic rings. The highest BCUT2D eigenvalue weighted by atomic mass is 32.2. The van der Waals surface area contributed by atoms with Gasteiger partial charge in [-0.1, -0.05) is 37.7 Å². The molecule has 198 valence electrons. The van der Waals surface area contributed by atoms with E-state index in [9.17, 15) is 18.0 Å². The number of benzene rings is 3. The Morgan fingerprint density at radius 1 is 1.05 bits per heavy atom. The lowest BCUT2D eigenvalue weighted by Crippen LogP contribution is -2.23. The number of carboxylic acid groups (broad SMARTS) is 1. The standard InChI is InChI=1S/C27H24F3N3O3S2/c1-27(2,16-4-7-18(38-31)8-5-16)24-13-32-26(33(24)17-6-9-20(28)23(12-17)36-3)37-14-19-21(29)10-15(25(34)35)11-22(19)30/h4-13H,14,31H2,1-3H3,(H,34,35). The van der Waals surface area contributed by atoms with Crippen LogP contribution in [0.2, 0.25) is 0 Å². The summed E-state index contributed by atoms with van der Waals surface area (Å²) in [6.07, 6.45) is 1.67. The average Bonchev–Trinajstić information content (AvgIpc) is 3.33. The van der Waals surface area contributed by atoms with Gasteiger partial charge in [0, 0.05) is 27.7 Å². The summed E-state index contributed by atoms with van der Waals surface area (Å²) in [4.78, 5) is 16.6. The van der Waals surface area contributed by atoms with Gasteiger partial charge >= 0.3 is 5.97 Å². The van der Waals surface area contributed by atoms with Gasteiger partial charge in [0.1, 0.15) is 11.6 Å². The fourth-order valence-corrected chi connectivity index (χ4v) is 5.32. The molecule has 3 N–H and O–H groups in total. The Morgan fingerprint density at radius 2 is 1.71 bits per heavy atom. The Morgan fingerprint density at radius 3 is 2.29 bits per heavy atom. The first-order chi connectivity index (χ1) is 18.1. The number of carboxylic acids is 1. The number of thioether (sulfide) groups is 1. The van der Waals surface area contributed by atoms with Crippen LogP contribution in [0.1, 0.15) is 41.0 Å². The summed E-state index contributed by atoms with van der Waals surface area (Å²) in [5.41, 5.74) is 0.902. The van der Waals surface area contributed by atoms with Gasteiger partial charge in [-0.3, -0.25) is 9.71 Å². The van der Waals surface area contributed by atoms with E-state index in [2.05, 4.69) is 4.98 Å². The van der Waals surface area contributed by atoms with Crippen molar-refractivity contribution in [3.63, 3.8) is 0 Å². The van der Waals surface area contributed by atoms with Crippen LogP contribution in [0.25, 0.3) is 5.69 Å². The SMILES string of the molecule is COc1cc(-n2c(C(C)(C)c3ccc(SN)cc3)cnc2SCc2c(F)cc(C(=O)O)cc2F)ccc1F. The Bertz CT molecular complexity index is 1470. The summed E-state index contributed by atoms with van der Waals surface area (Å²) < 4.78 is 50.4. The van der Waals surface area contributed by atoms with Gasteiger partial charge < -0.3 is 9.84 Å². The summed E-state index contributed by atoms with van der Waals surface area (Å²) in [7, 11) is 1.36. The highest BCUT2D eigenvalue weighted by Gasteiger charge is 2.30. The van der Waals surface area contributed by atoms with Crippen LogP contribution in [-0.4, -0.2) is 27.7 Å². The number of carbonyl (C=O) groups is 1. The lowest BCUT2D eigenvalue weighted by atomic mass is 9.81. The van der Waals surface area contributed by atoms with Gasteiger partial charge in [0.25, 0.3) is 0 Å². The van der Waals surface area contributed by atoms with Crippen molar-refractivity contribution in [2.75, 3.05) is 7.11 Å². The number of ether oxygens (including phenoxy) is 1. The van der Waals surface area contributed by atoms with Gasteiger partial charge in [-0.25, -0.2) is 22.9 Å². The molecule has 0 radical (unpaired) electrons. The first-order valence-corrected chi connectivity index (χ1v) is 13.2. The molecule has 0 fully saturated rings. The van der Waals surface area contributed by atoms with Crippen LogP contribution in [0.15, 0.2) is 70.8 Å². The maximum absolute atomic E-state index is 14.6. The van der Waals surface area contributed by atoms with Gasteiger partial charge in [0.15, 0.2) is 16.7 Å². The summed E-state index contributed by atoms with van der Waals surface area (Å²) in [6.45, 7) is 4.01. The smallest absolute Gasteiger partial charge is 0.335 e. The predicted octanol–water partition coefficient (Wildman–Crippen LogP) is 6.58. The first-order valence-electron chi connectivity index (χ1n) is 11.3. The normalized spacial score (nSPS) is 11.6. The highest BCUT2D eigenvalue weighted by molar-refractivity contribution is 7.98. The fraction of sp³-hybridized carbons (Fsp3) is 0.185. The second-order valence-electron chi connectivity index (χ2n) is 8.86. The van der Waals surface area contributed by atoms with Crippen molar-refractivity contribution < 1.29 is 27.8 Å². The molecule has 6 nitrogen and oxygen atoms in total. The molecule has 0 atom stereocenters. The Hall–Kier alpha value is -3.41. The summed E-state index contributed by atoms with van der Waals surface area (Å²) in [5, 5.41) is 15.1. The molecule has 0 spiro atoms. The highest BCUT2D eigenvalue weighted by Crippen LogP contribution is 2.38. The maximum Gasteiger partial charge on any atom is 0.335 e. The second-order valence-corrected chi connectivity index (χ2v) is 10.5. The van der Waals surface area contributed by atoms with Crippen molar-refractivity contribution in [1.29, 1.82) is 0 Å². The van der Waals surface area contributed by atoms with Crippen LogP contribution in [0.5, 0.6) is 5.75 Å². The minimum absolute atomic E-state index is 0.0292. The molecule has 0 aliphatic rings. The Labute approximate surface area is 226 Å². The predicted molar refractivity (Wildman–Crippen MR) is 142 cm³/mol. The number of nitrogens with two attached hydrogens (primary N) is 1. The van der Waals surface area contributed by atoms with Crippen LogP contribution in [0, 0.1) is 17.5 Å². The quantitative estimate of drug-likeness (QED) is 0.177. The number of hydrogen-bond acceptors (Lipinski definition) is 6. The van der Waals surface area contributed by atoms with Crippen molar-refractivity contribution in [2.45, 2.75) is 35.1 Å². The average molecular weight is 560 g/mol. The van der Waals surface area contributed by atoms with Crippen LogP contribution in [0.3, 0.4) is 0 Å². The molecular formula is C27H24F3N3O3S2. The number of methoxy groups -OCH3 is 1. The molecular weight excluding hydrogens is 535 g/mol. The molecule has 4 rings (SSSR count). The molecule has 1 heterocycles. The second kappa shape index (κ2) is 11.1. The van der Waals surface area contributed by atoms with E-state index in [4.69, 9.17) is 15.0 Å². The largest absolute Gasteiger partial charge is 0.494 e. The third-order valence-corrected chi connectivity index (χ3v) is 7.73. The van der Waals surface area contributed by atoms with Gasteiger partial charge in [0.2, 0.25) is 0 Å². The molecule has 0 bridgehead atoms. The lowest BCUT2D eigenvalue weighted by Gasteiger charge is -2.27. The van der Waals surface area contributed by atoms with Crippen LogP contribution >= 0.6 is 23.7 Å². The first kappa shape index (κ1) is 27.6. The zero-order chi connectivity index (χ0) is 27.6. The molecule has 0 saturated heterocycles. The minimum Gasteiger partial charge on any atom is -0.494 e. The van der Waals surface area contributed by atoms with E-state index < -0.39 is 34.4 Å². The number of aromatic nitrogens is 2. The molecule has 0 unspecified atom stereocenters. The lowest BCUT2D eigenvalue weighted by molar-refractivity contribution is 0.0695. The van der Waals surface area contributed by atoms with E-state index >= 15 is 0 Å². The molecule has 0 amide bonds. The number of rotatable bonds is 9. The number of nitrogens with zero attached hydrogens (tertiary/aromatic N) is 2. The third-order valence-electron chi connectivity index (χ3n) is 6.21. The van der Waals surface area contributed by atoms with E-state index in [-0.39, 0.29) is 17.1 Å². The number of aromatic carboxylic acids is 1. The zero-order valence-electron chi connectivity index (χ0n) is 20.7. The van der Waals surface area contributed by atoms with E-state index in [1.807, 2.05) is 38.1 Å². The number of halogens is 3. The number of hydrogen-bond donors (Lipinski definition) is 2. The number of imidazole rings is 1. The van der Waals surface area contributed by atoms with E-state index in [0.29, 0.717) is 10.8 Å². The van der Waals surface area contributed by atoms with Gasteiger partial charge in [-0.05, 0) is 53.9 Å². The Kier molecular flexibility index (Phi) is 8.10. The summed E-state index contributed by atoms with van der Waals surface area (Å²) in [5.74, 6) is -4.02. The summed E-state index contributed by atoms with van der Waals surface area (Å²) >= 11 is 2.20. The van der Waals surface area contributed by atoms with Gasteiger partial charge in [-0.15, -0.1) is 0 Å². The molecule has 3 aromatic carbocycles. The van der Waals surface area contributed by atoms with Crippen LogP contribution in [-0.2, 0) is 11.2 Å². The maximum atomic E-state index is 14.6. The molecule has 0 saturated carbocycles. The molecule has 38 heavy (non-hydrogen) atoms. The van der Waals surface area contributed by atoms with E-state index in [0.717, 1.165) is 52.0 Å². The molecule has 0 aliphatic heterocycles.